The van der Waals surface area contributed by atoms with Gasteiger partial charge < -0.3 is 14.7 Å². The number of aliphatic hydroxyl groups is 1. The van der Waals surface area contributed by atoms with E-state index >= 15 is 0 Å². The number of carbonyl (C=O) groups is 1. The van der Waals surface area contributed by atoms with Gasteiger partial charge in [-0.15, -0.1) is 0 Å². The molecule has 1 aromatic rings. The SMILES string of the molecule is CCC(O)C1CCN(C(=O)c2ccccc2OC)CC1. The standard InChI is InChI=1S/C16H23NO3/c1-3-14(18)12-8-10-17(11-9-12)16(19)13-6-4-5-7-15(13)20-2/h4-7,12,14,18H,3,8-11H2,1-2H3. The lowest BCUT2D eigenvalue weighted by atomic mass is 9.90. The molecule has 0 saturated carbocycles. The van der Waals surface area contributed by atoms with Gasteiger partial charge in [-0.25, -0.2) is 0 Å². The van der Waals surface area contributed by atoms with Crippen molar-refractivity contribution in [1.82, 2.24) is 4.90 Å². The summed E-state index contributed by atoms with van der Waals surface area (Å²) in [6.07, 6.45) is 2.29. The minimum absolute atomic E-state index is 0.0203. The van der Waals surface area contributed by atoms with Gasteiger partial charge in [-0.05, 0) is 37.3 Å². The number of amides is 1. The first-order valence-electron chi connectivity index (χ1n) is 7.27. The molecule has 4 heteroatoms. The lowest BCUT2D eigenvalue weighted by Gasteiger charge is -2.34. The van der Waals surface area contributed by atoms with Crippen molar-refractivity contribution in [3.63, 3.8) is 0 Å². The van der Waals surface area contributed by atoms with E-state index in [0.717, 1.165) is 19.3 Å². The van der Waals surface area contributed by atoms with Gasteiger partial charge in [-0.3, -0.25) is 4.79 Å². The molecule has 1 unspecified atom stereocenters. The Hall–Kier alpha value is -1.55. The fourth-order valence-electron chi connectivity index (χ4n) is 2.81. The first-order valence-corrected chi connectivity index (χ1v) is 7.27. The number of hydrogen-bond donors (Lipinski definition) is 1. The number of nitrogens with zero attached hydrogens (tertiary/aromatic N) is 1. The maximum atomic E-state index is 12.5. The molecule has 2 rings (SSSR count). The molecule has 4 nitrogen and oxygen atoms in total. The molecule has 1 aromatic carbocycles. The van der Waals surface area contributed by atoms with Gasteiger partial charge in [0.25, 0.3) is 5.91 Å². The predicted octanol–water partition coefficient (Wildman–Crippen LogP) is 2.32. The largest absolute Gasteiger partial charge is 0.496 e. The number of carbonyl (C=O) groups excluding carboxylic acids is 1. The second-order valence-electron chi connectivity index (χ2n) is 5.31. The zero-order valence-corrected chi connectivity index (χ0v) is 12.2. The van der Waals surface area contributed by atoms with Crippen LogP contribution in [0.5, 0.6) is 5.75 Å². The molecule has 1 atom stereocenters. The number of para-hydroxylation sites is 1. The van der Waals surface area contributed by atoms with Crippen LogP contribution in [0.15, 0.2) is 24.3 Å². The van der Waals surface area contributed by atoms with Gasteiger partial charge in [-0.2, -0.15) is 0 Å². The molecule has 0 radical (unpaired) electrons. The molecule has 0 aromatic heterocycles. The topological polar surface area (TPSA) is 49.8 Å². The van der Waals surface area contributed by atoms with Crippen LogP contribution < -0.4 is 4.74 Å². The second kappa shape index (κ2) is 6.75. The number of likely N-dealkylation sites (tertiary alicyclic amines) is 1. The van der Waals surface area contributed by atoms with Gasteiger partial charge in [0.15, 0.2) is 0 Å². The predicted molar refractivity (Wildman–Crippen MR) is 77.9 cm³/mol. The van der Waals surface area contributed by atoms with Crippen LogP contribution in [-0.4, -0.2) is 42.2 Å². The summed E-state index contributed by atoms with van der Waals surface area (Å²) >= 11 is 0. The quantitative estimate of drug-likeness (QED) is 0.919. The van der Waals surface area contributed by atoms with Crippen molar-refractivity contribution in [1.29, 1.82) is 0 Å². The average Bonchev–Trinajstić information content (AvgIpc) is 2.53. The fraction of sp³-hybridized carbons (Fsp3) is 0.562. The van der Waals surface area contributed by atoms with E-state index in [4.69, 9.17) is 4.74 Å². The van der Waals surface area contributed by atoms with Gasteiger partial charge in [0, 0.05) is 13.1 Å². The summed E-state index contributed by atoms with van der Waals surface area (Å²) in [6.45, 7) is 3.41. The van der Waals surface area contributed by atoms with Gasteiger partial charge in [0.05, 0.1) is 18.8 Å². The summed E-state index contributed by atoms with van der Waals surface area (Å²) in [5.41, 5.74) is 0.615. The minimum atomic E-state index is -0.237. The normalized spacial score (nSPS) is 17.9. The van der Waals surface area contributed by atoms with E-state index in [9.17, 15) is 9.90 Å². The smallest absolute Gasteiger partial charge is 0.257 e. The summed E-state index contributed by atoms with van der Waals surface area (Å²) in [5.74, 6) is 0.960. The van der Waals surface area contributed by atoms with E-state index in [-0.39, 0.29) is 12.0 Å². The molecular weight excluding hydrogens is 254 g/mol. The molecule has 0 aliphatic carbocycles. The van der Waals surface area contributed by atoms with Crippen molar-refractivity contribution in [2.45, 2.75) is 32.3 Å². The monoisotopic (exact) mass is 277 g/mol. The van der Waals surface area contributed by atoms with Crippen LogP contribution >= 0.6 is 0 Å². The van der Waals surface area contributed by atoms with Gasteiger partial charge in [0.2, 0.25) is 0 Å². The molecule has 1 amide bonds. The molecule has 1 aliphatic heterocycles. The van der Waals surface area contributed by atoms with E-state index in [2.05, 4.69) is 0 Å². The number of methoxy groups -OCH3 is 1. The first kappa shape index (κ1) is 14.9. The van der Waals surface area contributed by atoms with Crippen molar-refractivity contribution in [3.05, 3.63) is 29.8 Å². The van der Waals surface area contributed by atoms with Crippen molar-refractivity contribution in [3.8, 4) is 5.75 Å². The second-order valence-corrected chi connectivity index (χ2v) is 5.31. The number of hydrogen-bond acceptors (Lipinski definition) is 3. The number of benzene rings is 1. The number of ether oxygens (including phenoxy) is 1. The summed E-state index contributed by atoms with van der Waals surface area (Å²) in [5, 5.41) is 9.88. The third kappa shape index (κ3) is 3.12. The summed E-state index contributed by atoms with van der Waals surface area (Å²) < 4.78 is 5.25. The van der Waals surface area contributed by atoms with Gasteiger partial charge in [-0.1, -0.05) is 19.1 Å². The average molecular weight is 277 g/mol. The molecule has 20 heavy (non-hydrogen) atoms. The summed E-state index contributed by atoms with van der Waals surface area (Å²) in [6, 6.07) is 7.32. The van der Waals surface area contributed by atoms with Crippen LogP contribution in [0.1, 0.15) is 36.5 Å². The Kier molecular flexibility index (Phi) is 5.01. The summed E-state index contributed by atoms with van der Waals surface area (Å²) in [7, 11) is 1.58. The van der Waals surface area contributed by atoms with Crippen LogP contribution in [-0.2, 0) is 0 Å². The van der Waals surface area contributed by atoms with Crippen LogP contribution in [0.4, 0.5) is 0 Å². The highest BCUT2D eigenvalue weighted by Crippen LogP contribution is 2.25. The van der Waals surface area contributed by atoms with E-state index in [1.807, 2.05) is 24.0 Å². The van der Waals surface area contributed by atoms with E-state index in [0.29, 0.717) is 30.3 Å². The molecule has 1 N–H and O–H groups in total. The molecule has 0 bridgehead atoms. The fourth-order valence-corrected chi connectivity index (χ4v) is 2.81. The number of piperidine rings is 1. The summed E-state index contributed by atoms with van der Waals surface area (Å²) in [4.78, 5) is 14.4. The van der Waals surface area contributed by atoms with Crippen LogP contribution in [0, 0.1) is 5.92 Å². The highest BCUT2D eigenvalue weighted by Gasteiger charge is 2.28. The maximum Gasteiger partial charge on any atom is 0.257 e. The molecule has 1 saturated heterocycles. The van der Waals surface area contributed by atoms with E-state index in [1.54, 1.807) is 19.2 Å². The van der Waals surface area contributed by atoms with Crippen molar-refractivity contribution in [2.24, 2.45) is 5.92 Å². The van der Waals surface area contributed by atoms with Crippen molar-refractivity contribution < 1.29 is 14.6 Å². The molecule has 110 valence electrons. The van der Waals surface area contributed by atoms with Gasteiger partial charge >= 0.3 is 0 Å². The highest BCUT2D eigenvalue weighted by molar-refractivity contribution is 5.97. The van der Waals surface area contributed by atoms with Crippen molar-refractivity contribution in [2.75, 3.05) is 20.2 Å². The molecule has 1 aliphatic rings. The highest BCUT2D eigenvalue weighted by atomic mass is 16.5. The van der Waals surface area contributed by atoms with Crippen LogP contribution in [0.2, 0.25) is 0 Å². The van der Waals surface area contributed by atoms with E-state index < -0.39 is 0 Å². The Morgan fingerprint density at radius 3 is 2.65 bits per heavy atom. The number of aliphatic hydroxyl groups excluding tert-OH is 1. The number of rotatable bonds is 4. The Balaban J connectivity index is 2.01. The van der Waals surface area contributed by atoms with Crippen LogP contribution in [0.3, 0.4) is 0 Å². The Morgan fingerprint density at radius 1 is 1.40 bits per heavy atom. The van der Waals surface area contributed by atoms with Gasteiger partial charge in [0.1, 0.15) is 5.75 Å². The zero-order valence-electron chi connectivity index (χ0n) is 12.2. The maximum absolute atomic E-state index is 12.5. The zero-order chi connectivity index (χ0) is 14.5. The first-order chi connectivity index (χ1) is 9.67. The third-order valence-electron chi connectivity index (χ3n) is 4.13. The Bertz CT molecular complexity index is 453. The molecule has 1 heterocycles. The van der Waals surface area contributed by atoms with E-state index in [1.165, 1.54) is 0 Å². The minimum Gasteiger partial charge on any atom is -0.496 e. The lowest BCUT2D eigenvalue weighted by Crippen LogP contribution is -2.41. The lowest BCUT2D eigenvalue weighted by molar-refractivity contribution is 0.0452. The molecule has 0 spiro atoms. The molecule has 1 fully saturated rings. The third-order valence-corrected chi connectivity index (χ3v) is 4.13. The van der Waals surface area contributed by atoms with Crippen LogP contribution in [0.25, 0.3) is 0 Å². The van der Waals surface area contributed by atoms with Crippen molar-refractivity contribution >= 4 is 5.91 Å². The Labute approximate surface area is 120 Å². The Morgan fingerprint density at radius 2 is 2.05 bits per heavy atom. The molecular formula is C16H23NO3.